The first kappa shape index (κ1) is 12.0. The highest BCUT2D eigenvalue weighted by molar-refractivity contribution is 5.73. The molecule has 0 heterocycles. The van der Waals surface area contributed by atoms with Crippen LogP contribution in [0.2, 0.25) is 0 Å². The van der Waals surface area contributed by atoms with Crippen LogP contribution < -0.4 is 15.8 Å². The van der Waals surface area contributed by atoms with E-state index in [0.29, 0.717) is 11.4 Å². The Morgan fingerprint density at radius 1 is 1.35 bits per heavy atom. The lowest BCUT2D eigenvalue weighted by Crippen LogP contribution is -2.36. The lowest BCUT2D eigenvalue weighted by Gasteiger charge is -2.29. The molecule has 2 atom stereocenters. The molecule has 94 valence electrons. The van der Waals surface area contributed by atoms with Crippen LogP contribution in [-0.2, 0) is 0 Å². The molecule has 0 amide bonds. The second kappa shape index (κ2) is 5.27. The normalized spacial score (nSPS) is 24.4. The quantitative estimate of drug-likeness (QED) is 0.702. The molecule has 0 spiro atoms. The third kappa shape index (κ3) is 2.64. The maximum Gasteiger partial charge on any atom is 0.143 e. The molecule has 1 saturated carbocycles. The Hall–Kier alpha value is -1.42. The molecule has 4 nitrogen and oxygen atoms in total. The molecular formula is C13H20N2O2. The number of rotatable bonds is 3. The van der Waals surface area contributed by atoms with Gasteiger partial charge in [-0.2, -0.15) is 0 Å². The zero-order valence-electron chi connectivity index (χ0n) is 10.1. The van der Waals surface area contributed by atoms with E-state index in [4.69, 9.17) is 10.5 Å². The highest BCUT2D eigenvalue weighted by atomic mass is 16.5. The van der Waals surface area contributed by atoms with Gasteiger partial charge in [0.15, 0.2) is 0 Å². The van der Waals surface area contributed by atoms with Gasteiger partial charge < -0.3 is 20.9 Å². The van der Waals surface area contributed by atoms with Crippen LogP contribution in [0.25, 0.3) is 0 Å². The van der Waals surface area contributed by atoms with Crippen LogP contribution in [0.3, 0.4) is 0 Å². The fraction of sp³-hybridized carbons (Fsp3) is 0.538. The summed E-state index contributed by atoms with van der Waals surface area (Å²) in [5.74, 6) is 0.667. The molecule has 0 bridgehead atoms. The van der Waals surface area contributed by atoms with Gasteiger partial charge in [-0.1, -0.05) is 18.9 Å². The van der Waals surface area contributed by atoms with Crippen molar-refractivity contribution in [2.24, 2.45) is 0 Å². The number of nitrogens with one attached hydrogen (secondary N) is 1. The fourth-order valence-electron chi connectivity index (χ4n) is 2.33. The first-order valence-electron chi connectivity index (χ1n) is 6.09. The Morgan fingerprint density at radius 3 is 2.82 bits per heavy atom. The number of hydrogen-bond acceptors (Lipinski definition) is 4. The molecule has 1 aromatic carbocycles. The second-order valence-electron chi connectivity index (χ2n) is 4.52. The summed E-state index contributed by atoms with van der Waals surface area (Å²) in [6.07, 6.45) is 3.82. The van der Waals surface area contributed by atoms with Crippen molar-refractivity contribution in [3.05, 3.63) is 18.2 Å². The Morgan fingerprint density at radius 2 is 2.12 bits per heavy atom. The minimum absolute atomic E-state index is 0.0955. The van der Waals surface area contributed by atoms with Crippen LogP contribution in [0.5, 0.6) is 5.75 Å². The van der Waals surface area contributed by atoms with Crippen molar-refractivity contribution >= 4 is 11.4 Å². The SMILES string of the molecule is COc1cccc(NC2CCCCC2O)c1N. The van der Waals surface area contributed by atoms with E-state index in [9.17, 15) is 5.11 Å². The Kier molecular flexibility index (Phi) is 3.74. The Labute approximate surface area is 102 Å². The number of anilines is 2. The molecule has 1 aromatic rings. The summed E-state index contributed by atoms with van der Waals surface area (Å²) in [5.41, 5.74) is 7.43. The van der Waals surface area contributed by atoms with E-state index < -0.39 is 0 Å². The third-order valence-electron chi connectivity index (χ3n) is 3.36. The number of nitrogens with two attached hydrogens (primary N) is 1. The highest BCUT2D eigenvalue weighted by Gasteiger charge is 2.23. The monoisotopic (exact) mass is 236 g/mol. The Bertz CT molecular complexity index is 382. The second-order valence-corrected chi connectivity index (χ2v) is 4.52. The fourth-order valence-corrected chi connectivity index (χ4v) is 2.33. The largest absolute Gasteiger partial charge is 0.495 e. The predicted octanol–water partition coefficient (Wildman–Crippen LogP) is 1.99. The van der Waals surface area contributed by atoms with E-state index in [1.165, 1.54) is 0 Å². The zero-order chi connectivity index (χ0) is 12.3. The lowest BCUT2D eigenvalue weighted by atomic mass is 9.92. The Balaban J connectivity index is 2.12. The predicted molar refractivity (Wildman–Crippen MR) is 69.3 cm³/mol. The molecule has 0 radical (unpaired) electrons. The maximum absolute atomic E-state index is 9.91. The van der Waals surface area contributed by atoms with E-state index in [0.717, 1.165) is 31.4 Å². The summed E-state index contributed by atoms with van der Waals surface area (Å²) in [6, 6.07) is 5.74. The molecule has 17 heavy (non-hydrogen) atoms. The molecule has 0 aliphatic heterocycles. The van der Waals surface area contributed by atoms with Crippen LogP contribution in [-0.4, -0.2) is 24.4 Å². The molecule has 2 unspecified atom stereocenters. The van der Waals surface area contributed by atoms with Crippen molar-refractivity contribution in [2.45, 2.75) is 37.8 Å². The van der Waals surface area contributed by atoms with Crippen LogP contribution in [0.4, 0.5) is 11.4 Å². The molecule has 1 aliphatic rings. The average Bonchev–Trinajstić information content (AvgIpc) is 2.34. The number of nitrogen functional groups attached to an aromatic ring is 1. The molecule has 1 aliphatic carbocycles. The maximum atomic E-state index is 9.91. The van der Waals surface area contributed by atoms with E-state index in [1.807, 2.05) is 18.2 Å². The van der Waals surface area contributed by atoms with Crippen LogP contribution in [0, 0.1) is 0 Å². The van der Waals surface area contributed by atoms with Gasteiger partial charge >= 0.3 is 0 Å². The summed E-state index contributed by atoms with van der Waals surface area (Å²) in [7, 11) is 1.60. The topological polar surface area (TPSA) is 67.5 Å². The first-order chi connectivity index (χ1) is 8.22. The molecule has 1 fully saturated rings. The summed E-state index contributed by atoms with van der Waals surface area (Å²) in [4.78, 5) is 0. The van der Waals surface area contributed by atoms with Gasteiger partial charge in [-0.15, -0.1) is 0 Å². The van der Waals surface area contributed by atoms with Crippen molar-refractivity contribution < 1.29 is 9.84 Å². The van der Waals surface area contributed by atoms with Gasteiger partial charge in [0.2, 0.25) is 0 Å². The van der Waals surface area contributed by atoms with E-state index >= 15 is 0 Å². The number of aliphatic hydroxyl groups is 1. The zero-order valence-corrected chi connectivity index (χ0v) is 10.1. The summed E-state index contributed by atoms with van der Waals surface area (Å²) in [6.45, 7) is 0. The van der Waals surface area contributed by atoms with Gasteiger partial charge in [-0.3, -0.25) is 0 Å². The minimum Gasteiger partial charge on any atom is -0.495 e. The number of methoxy groups -OCH3 is 1. The molecule has 2 rings (SSSR count). The van der Waals surface area contributed by atoms with Crippen LogP contribution in [0.15, 0.2) is 18.2 Å². The van der Waals surface area contributed by atoms with Crippen molar-refractivity contribution in [1.82, 2.24) is 0 Å². The van der Waals surface area contributed by atoms with Gasteiger partial charge in [0.05, 0.1) is 30.6 Å². The van der Waals surface area contributed by atoms with Gasteiger partial charge in [0.25, 0.3) is 0 Å². The highest BCUT2D eigenvalue weighted by Crippen LogP contribution is 2.31. The number of ether oxygens (including phenoxy) is 1. The van der Waals surface area contributed by atoms with Crippen LogP contribution in [0.1, 0.15) is 25.7 Å². The summed E-state index contributed by atoms with van der Waals surface area (Å²) >= 11 is 0. The standard InChI is InChI=1S/C13H20N2O2/c1-17-12-8-4-6-10(13(12)14)15-9-5-2-3-7-11(9)16/h4,6,8-9,11,15-16H,2-3,5,7,14H2,1H3. The van der Waals surface area contributed by atoms with Crippen molar-refractivity contribution in [2.75, 3.05) is 18.2 Å². The average molecular weight is 236 g/mol. The first-order valence-corrected chi connectivity index (χ1v) is 6.09. The summed E-state index contributed by atoms with van der Waals surface area (Å²) < 4.78 is 5.17. The van der Waals surface area contributed by atoms with Crippen molar-refractivity contribution in [3.63, 3.8) is 0 Å². The van der Waals surface area contributed by atoms with E-state index in [1.54, 1.807) is 7.11 Å². The van der Waals surface area contributed by atoms with Gasteiger partial charge in [0.1, 0.15) is 5.75 Å². The number of para-hydroxylation sites is 1. The lowest BCUT2D eigenvalue weighted by molar-refractivity contribution is 0.116. The van der Waals surface area contributed by atoms with Crippen molar-refractivity contribution in [1.29, 1.82) is 0 Å². The third-order valence-corrected chi connectivity index (χ3v) is 3.36. The van der Waals surface area contributed by atoms with Gasteiger partial charge in [0, 0.05) is 0 Å². The smallest absolute Gasteiger partial charge is 0.143 e. The number of hydrogen-bond donors (Lipinski definition) is 3. The molecule has 0 aromatic heterocycles. The number of benzene rings is 1. The summed E-state index contributed by atoms with van der Waals surface area (Å²) in [5, 5.41) is 13.2. The van der Waals surface area contributed by atoms with E-state index in [-0.39, 0.29) is 12.1 Å². The van der Waals surface area contributed by atoms with Gasteiger partial charge in [-0.05, 0) is 25.0 Å². The number of aliphatic hydroxyl groups excluding tert-OH is 1. The molecule has 4 N–H and O–H groups in total. The van der Waals surface area contributed by atoms with Crippen molar-refractivity contribution in [3.8, 4) is 5.75 Å². The molecule has 4 heteroatoms. The van der Waals surface area contributed by atoms with E-state index in [2.05, 4.69) is 5.32 Å². The van der Waals surface area contributed by atoms with Crippen LogP contribution >= 0.6 is 0 Å². The molecule has 0 saturated heterocycles. The molecular weight excluding hydrogens is 216 g/mol. The minimum atomic E-state index is -0.283. The van der Waals surface area contributed by atoms with Gasteiger partial charge in [-0.25, -0.2) is 0 Å².